The van der Waals surface area contributed by atoms with Crippen LogP contribution in [0.1, 0.15) is 17.5 Å². The van der Waals surface area contributed by atoms with Crippen molar-refractivity contribution in [3.8, 4) is 11.8 Å². The number of rotatable bonds is 6. The Kier molecular flexibility index (Phi) is 16.8. The number of allylic oxidation sites excluding steroid dienone is 4. The van der Waals surface area contributed by atoms with Crippen LogP contribution in [-0.4, -0.2) is 5.66 Å². The topological polar surface area (TPSA) is 0 Å². The summed E-state index contributed by atoms with van der Waals surface area (Å²) in [5.41, 5.74) is 2.32. The summed E-state index contributed by atoms with van der Waals surface area (Å²) in [5, 5.41) is 12.5. The fourth-order valence-electron chi connectivity index (χ4n) is 8.30. The van der Waals surface area contributed by atoms with E-state index in [1.807, 2.05) is 36.4 Å². The number of thiophene rings is 2. The van der Waals surface area contributed by atoms with E-state index in [2.05, 4.69) is 200 Å². The van der Waals surface area contributed by atoms with Crippen molar-refractivity contribution in [1.29, 1.82) is 0 Å². The maximum Gasteiger partial charge on any atom is 1.00 e. The molecule has 0 saturated carbocycles. The molecule has 6 heteroatoms. The predicted molar refractivity (Wildman–Crippen MR) is 278 cm³/mol. The molecule has 0 N–H and O–H groups in total. The van der Waals surface area contributed by atoms with Crippen LogP contribution in [-0.2, 0) is 44.8 Å². The molecular formula is C58H42Au2P2S2+2. The van der Waals surface area contributed by atoms with Crippen LogP contribution in [0.2, 0.25) is 0 Å². The van der Waals surface area contributed by atoms with Crippen molar-refractivity contribution in [2.24, 2.45) is 0 Å². The third-order valence-corrected chi connectivity index (χ3v) is 19.8. The first kappa shape index (κ1) is 47.1. The fourth-order valence-corrected chi connectivity index (χ4v) is 17.1. The third kappa shape index (κ3) is 10.3. The summed E-state index contributed by atoms with van der Waals surface area (Å²) in [6, 6.07) is 71.5. The summed E-state index contributed by atoms with van der Waals surface area (Å²) in [5.74, 6) is 4.98. The van der Waals surface area contributed by atoms with Crippen molar-refractivity contribution in [2.45, 2.75) is 12.1 Å². The maximum absolute atomic E-state index is 7.26. The zero-order valence-corrected chi connectivity index (χ0v) is 42.5. The van der Waals surface area contributed by atoms with Gasteiger partial charge in [0.05, 0.1) is 18.9 Å². The quantitative estimate of drug-likeness (QED) is 0.0674. The molecule has 2 aromatic heterocycles. The molecule has 2 atom stereocenters. The minimum Gasteiger partial charge on any atom is -0.366 e. The van der Waals surface area contributed by atoms with E-state index in [4.69, 9.17) is 12.8 Å². The molecule has 316 valence electrons. The van der Waals surface area contributed by atoms with E-state index in [0.717, 1.165) is 26.9 Å². The number of fused-ring (bicyclic) bond motifs is 6. The van der Waals surface area contributed by atoms with E-state index < -0.39 is 15.8 Å². The van der Waals surface area contributed by atoms with E-state index in [0.29, 0.717) is 5.66 Å². The molecule has 0 radical (unpaired) electrons. The normalized spacial score (nSPS) is 13.1. The Morgan fingerprint density at radius 1 is 0.422 bits per heavy atom. The molecule has 10 aromatic rings. The Hall–Kier alpha value is -4.86. The van der Waals surface area contributed by atoms with Crippen LogP contribution in [0, 0.1) is 24.7 Å². The van der Waals surface area contributed by atoms with Crippen LogP contribution in [0.15, 0.2) is 224 Å². The average Bonchev–Trinajstić information content (AvgIpc) is 3.93. The van der Waals surface area contributed by atoms with Gasteiger partial charge in [0.15, 0.2) is 0 Å². The Labute approximate surface area is 418 Å². The second-order valence-corrected chi connectivity index (χ2v) is 22.1. The van der Waals surface area contributed by atoms with Gasteiger partial charge in [-0.2, -0.15) is 22.7 Å². The van der Waals surface area contributed by atoms with Gasteiger partial charge in [0.2, 0.25) is 0 Å². The molecular weight excluding hydrogens is 1220 g/mol. The molecule has 0 spiro atoms. The van der Waals surface area contributed by atoms with Crippen molar-refractivity contribution in [2.75, 3.05) is 0 Å². The van der Waals surface area contributed by atoms with E-state index in [-0.39, 0.29) is 44.8 Å². The first-order valence-corrected chi connectivity index (χ1v) is 25.4. The van der Waals surface area contributed by atoms with Gasteiger partial charge in [-0.3, -0.25) is 11.8 Å². The van der Waals surface area contributed by atoms with Crippen molar-refractivity contribution < 1.29 is 44.8 Å². The molecule has 2 heterocycles. The minimum absolute atomic E-state index is 0. The molecule has 0 fully saturated rings. The predicted octanol–water partition coefficient (Wildman–Crippen LogP) is 13.2. The van der Waals surface area contributed by atoms with Crippen molar-refractivity contribution in [3.63, 3.8) is 0 Å². The van der Waals surface area contributed by atoms with Crippen LogP contribution < -0.4 is 26.5 Å². The van der Waals surface area contributed by atoms with Crippen molar-refractivity contribution in [1.82, 2.24) is 0 Å². The van der Waals surface area contributed by atoms with Gasteiger partial charge in [0, 0.05) is 15.8 Å². The SMILES string of the molecule is C1=CCC([PH+](c2ccccc2)c2ccccc2[PH+](c2ccccc2)c2ccccc2)C=C1.[Au+].[Au+].[C-]#Cc1cccc2c1sc1ccccc12.[C-]#Cc1cccc2c1sc1ccccc12. The van der Waals surface area contributed by atoms with Gasteiger partial charge < -0.3 is 12.8 Å². The van der Waals surface area contributed by atoms with Gasteiger partial charge in [-0.05, 0) is 97.7 Å². The van der Waals surface area contributed by atoms with Gasteiger partial charge >= 0.3 is 44.8 Å². The summed E-state index contributed by atoms with van der Waals surface area (Å²) < 4.78 is 4.87. The molecule has 64 heavy (non-hydrogen) atoms. The van der Waals surface area contributed by atoms with Crippen LogP contribution in [0.3, 0.4) is 0 Å². The number of hydrogen-bond acceptors (Lipinski definition) is 2. The zero-order valence-electron chi connectivity index (χ0n) is 34.6. The Bertz CT molecular complexity index is 3100. The monoisotopic (exact) mass is 1260 g/mol. The second kappa shape index (κ2) is 22.9. The van der Waals surface area contributed by atoms with E-state index in [1.54, 1.807) is 28.0 Å². The Morgan fingerprint density at radius 3 is 1.31 bits per heavy atom. The molecule has 1 aliphatic carbocycles. The van der Waals surface area contributed by atoms with Crippen LogP contribution >= 0.6 is 38.5 Å². The molecule has 0 saturated heterocycles. The summed E-state index contributed by atoms with van der Waals surface area (Å²) in [6.07, 6.45) is 24.8. The average molecular weight is 1260 g/mol. The largest absolute Gasteiger partial charge is 1.00 e. The van der Waals surface area contributed by atoms with E-state index in [9.17, 15) is 0 Å². The first-order chi connectivity index (χ1) is 30.7. The maximum atomic E-state index is 7.26. The van der Waals surface area contributed by atoms with Gasteiger partial charge in [0.25, 0.3) is 0 Å². The summed E-state index contributed by atoms with van der Waals surface area (Å²) in [4.78, 5) is 0. The summed E-state index contributed by atoms with van der Waals surface area (Å²) in [6.45, 7) is 0. The van der Waals surface area contributed by atoms with E-state index >= 15 is 0 Å². The summed E-state index contributed by atoms with van der Waals surface area (Å²) >= 11 is 3.46. The van der Waals surface area contributed by atoms with Crippen molar-refractivity contribution in [3.05, 3.63) is 248 Å². The standard InChI is InChI=1S/C30H26P2.2C14H7S.2Au/c1-5-15-25(16-6-1)31(26-17-7-2-8-18-26)29-23-13-14-24-30(29)32(27-19-9-3-10-20-27)28-21-11-4-12-22-28;2*1-2-10-6-5-8-12-11-7-3-4-9-13(11)15-14(10)12;;/h1-21,23-24,28H,22H2;2*3-9H;;/q;2*-1;2*+1/p+2. The zero-order chi connectivity index (χ0) is 42.1. The van der Waals surface area contributed by atoms with Gasteiger partial charge in [-0.25, -0.2) is 0 Å². The summed E-state index contributed by atoms with van der Waals surface area (Å²) in [7, 11) is -2.11. The molecule has 2 unspecified atom stereocenters. The minimum atomic E-state index is -1.11. The molecule has 0 bridgehead atoms. The van der Waals surface area contributed by atoms with Crippen LogP contribution in [0.25, 0.3) is 40.3 Å². The molecule has 0 amide bonds. The molecule has 0 nitrogen and oxygen atoms in total. The molecule has 1 aliphatic rings. The molecule has 11 rings (SSSR count). The smallest absolute Gasteiger partial charge is 0.366 e. The Morgan fingerprint density at radius 2 is 0.844 bits per heavy atom. The van der Waals surface area contributed by atoms with Gasteiger partial charge in [0.1, 0.15) is 29.1 Å². The molecule has 0 aliphatic heterocycles. The van der Waals surface area contributed by atoms with E-state index in [1.165, 1.54) is 52.2 Å². The van der Waals surface area contributed by atoms with Crippen LogP contribution in [0.4, 0.5) is 0 Å². The Balaban J connectivity index is 0.000000159. The van der Waals surface area contributed by atoms with Crippen LogP contribution in [0.5, 0.6) is 0 Å². The molecule has 8 aromatic carbocycles. The van der Waals surface area contributed by atoms with Crippen molar-refractivity contribution >= 4 is 105 Å². The fraction of sp³-hybridized carbons (Fsp3) is 0.0345. The first-order valence-electron chi connectivity index (χ1n) is 20.7. The number of benzene rings is 8. The third-order valence-electron chi connectivity index (χ3n) is 11.1. The van der Waals surface area contributed by atoms with Gasteiger partial charge in [-0.15, -0.1) is 23.3 Å². The number of hydrogen-bond donors (Lipinski definition) is 0. The second-order valence-electron chi connectivity index (χ2n) is 14.9. The van der Waals surface area contributed by atoms with Gasteiger partial charge in [-0.1, -0.05) is 146 Å².